The predicted molar refractivity (Wildman–Crippen MR) is 67.1 cm³/mol. The maximum Gasteiger partial charge on any atom is 0.166 e. The van der Waals surface area contributed by atoms with E-state index >= 15 is 0 Å². The fourth-order valence-electron chi connectivity index (χ4n) is 1.13. The molecular formula is C11H17N5. The molecule has 0 unspecified atom stereocenters. The average Bonchev–Trinajstić information content (AvgIpc) is 2.77. The van der Waals surface area contributed by atoms with Gasteiger partial charge in [-0.15, -0.1) is 0 Å². The number of aliphatic imine (C=N–C) groups is 1. The number of aromatic nitrogens is 3. The molecule has 0 aliphatic carbocycles. The SMILES string of the molecule is CC.CN(C)C=Nc1ncnc2[nH]ccc12. The molecule has 2 rings (SSSR count). The molecule has 0 saturated carbocycles. The molecule has 86 valence electrons. The number of nitrogens with one attached hydrogen (secondary N) is 1. The van der Waals surface area contributed by atoms with E-state index in [1.54, 1.807) is 6.34 Å². The Morgan fingerprint density at radius 1 is 1.31 bits per heavy atom. The highest BCUT2D eigenvalue weighted by atomic mass is 15.1. The van der Waals surface area contributed by atoms with Crippen molar-refractivity contribution in [2.75, 3.05) is 14.1 Å². The van der Waals surface area contributed by atoms with E-state index in [2.05, 4.69) is 19.9 Å². The van der Waals surface area contributed by atoms with Crippen molar-refractivity contribution in [3.05, 3.63) is 18.6 Å². The number of fused-ring (bicyclic) bond motifs is 1. The third-order valence-electron chi connectivity index (χ3n) is 1.74. The molecule has 2 aromatic rings. The molecule has 5 heteroatoms. The first-order valence-electron chi connectivity index (χ1n) is 5.26. The lowest BCUT2D eigenvalue weighted by Gasteiger charge is -2.01. The summed E-state index contributed by atoms with van der Waals surface area (Å²) < 4.78 is 0. The Morgan fingerprint density at radius 2 is 2.06 bits per heavy atom. The fourth-order valence-corrected chi connectivity index (χ4v) is 1.13. The van der Waals surface area contributed by atoms with Crippen LogP contribution in [-0.4, -0.2) is 40.3 Å². The van der Waals surface area contributed by atoms with Crippen LogP contribution in [-0.2, 0) is 0 Å². The standard InChI is InChI=1S/C9H11N5.C2H6/c1-14(2)6-13-9-7-3-4-10-8(7)11-5-12-9;1-2/h3-6H,1-2H3,(H,10,11,12);1-2H3. The summed E-state index contributed by atoms with van der Waals surface area (Å²) in [6.07, 6.45) is 5.05. The minimum atomic E-state index is 0.685. The van der Waals surface area contributed by atoms with Crippen LogP contribution in [0, 0.1) is 0 Å². The number of hydrogen-bond donors (Lipinski definition) is 1. The highest BCUT2D eigenvalue weighted by Gasteiger charge is 2.01. The molecule has 2 heterocycles. The van der Waals surface area contributed by atoms with Crippen LogP contribution >= 0.6 is 0 Å². The molecule has 1 N–H and O–H groups in total. The third-order valence-corrected chi connectivity index (χ3v) is 1.74. The lowest BCUT2D eigenvalue weighted by molar-refractivity contribution is 0.643. The first-order chi connectivity index (χ1) is 7.77. The Labute approximate surface area is 95.2 Å². The quantitative estimate of drug-likeness (QED) is 0.622. The summed E-state index contributed by atoms with van der Waals surface area (Å²) in [5.74, 6) is 0.685. The van der Waals surface area contributed by atoms with Crippen molar-refractivity contribution in [3.8, 4) is 0 Å². The number of aromatic amines is 1. The van der Waals surface area contributed by atoms with Crippen LogP contribution in [0.5, 0.6) is 0 Å². The van der Waals surface area contributed by atoms with E-state index in [0.29, 0.717) is 5.82 Å². The van der Waals surface area contributed by atoms with Gasteiger partial charge in [-0.3, -0.25) is 0 Å². The Morgan fingerprint density at radius 3 is 2.75 bits per heavy atom. The van der Waals surface area contributed by atoms with Crippen LogP contribution in [0.15, 0.2) is 23.6 Å². The maximum atomic E-state index is 4.24. The molecule has 0 spiro atoms. The molecule has 5 nitrogen and oxygen atoms in total. The first-order valence-corrected chi connectivity index (χ1v) is 5.26. The van der Waals surface area contributed by atoms with E-state index in [1.807, 2.05) is 45.1 Å². The van der Waals surface area contributed by atoms with Crippen molar-refractivity contribution in [1.29, 1.82) is 0 Å². The van der Waals surface area contributed by atoms with E-state index in [9.17, 15) is 0 Å². The third kappa shape index (κ3) is 2.79. The Bertz CT molecular complexity index is 458. The van der Waals surface area contributed by atoms with Crippen LogP contribution in [0.2, 0.25) is 0 Å². The van der Waals surface area contributed by atoms with Gasteiger partial charge in [0.1, 0.15) is 12.0 Å². The zero-order valence-corrected chi connectivity index (χ0v) is 10.1. The molecule has 0 aliphatic heterocycles. The zero-order chi connectivity index (χ0) is 12.0. The highest BCUT2D eigenvalue weighted by molar-refractivity contribution is 5.86. The Hall–Kier alpha value is -1.91. The zero-order valence-electron chi connectivity index (χ0n) is 10.1. The number of nitrogens with zero attached hydrogens (tertiary/aromatic N) is 4. The molecule has 0 atom stereocenters. The van der Waals surface area contributed by atoms with Crippen LogP contribution in [0.1, 0.15) is 13.8 Å². The second-order valence-corrected chi connectivity index (χ2v) is 3.15. The van der Waals surface area contributed by atoms with Crippen LogP contribution in [0.3, 0.4) is 0 Å². The molecule has 0 radical (unpaired) electrons. The van der Waals surface area contributed by atoms with Crippen molar-refractivity contribution < 1.29 is 0 Å². The van der Waals surface area contributed by atoms with Crippen LogP contribution in [0.25, 0.3) is 11.0 Å². The predicted octanol–water partition coefficient (Wildman–Crippen LogP) is 2.21. The van der Waals surface area contributed by atoms with Gasteiger partial charge in [0.2, 0.25) is 0 Å². The largest absolute Gasteiger partial charge is 0.369 e. The Kier molecular flexibility index (Phi) is 4.44. The van der Waals surface area contributed by atoms with Gasteiger partial charge in [-0.1, -0.05) is 13.8 Å². The molecule has 0 aliphatic rings. The van der Waals surface area contributed by atoms with E-state index in [1.165, 1.54) is 6.33 Å². The van der Waals surface area contributed by atoms with Gasteiger partial charge in [0.05, 0.1) is 11.7 Å². The monoisotopic (exact) mass is 219 g/mol. The maximum absolute atomic E-state index is 4.24. The van der Waals surface area contributed by atoms with Gasteiger partial charge >= 0.3 is 0 Å². The molecule has 0 saturated heterocycles. The van der Waals surface area contributed by atoms with Gasteiger partial charge < -0.3 is 9.88 Å². The number of hydrogen-bond acceptors (Lipinski definition) is 3. The van der Waals surface area contributed by atoms with Gasteiger partial charge in [0.25, 0.3) is 0 Å². The van der Waals surface area contributed by atoms with Gasteiger partial charge in [0.15, 0.2) is 5.82 Å². The summed E-state index contributed by atoms with van der Waals surface area (Å²) in [4.78, 5) is 17.3. The lowest BCUT2D eigenvalue weighted by Crippen LogP contribution is -2.07. The highest BCUT2D eigenvalue weighted by Crippen LogP contribution is 2.19. The molecule has 0 fully saturated rings. The van der Waals surface area contributed by atoms with Crippen molar-refractivity contribution in [1.82, 2.24) is 19.9 Å². The van der Waals surface area contributed by atoms with Crippen molar-refractivity contribution in [2.24, 2.45) is 4.99 Å². The molecule has 0 bridgehead atoms. The first kappa shape index (κ1) is 12.2. The van der Waals surface area contributed by atoms with E-state index in [4.69, 9.17) is 0 Å². The summed E-state index contributed by atoms with van der Waals surface area (Å²) >= 11 is 0. The molecule has 0 amide bonds. The average molecular weight is 219 g/mol. The van der Waals surface area contributed by atoms with Crippen molar-refractivity contribution in [2.45, 2.75) is 13.8 Å². The number of rotatable bonds is 2. The van der Waals surface area contributed by atoms with Gasteiger partial charge in [-0.25, -0.2) is 15.0 Å². The molecule has 0 aromatic carbocycles. The van der Waals surface area contributed by atoms with E-state index < -0.39 is 0 Å². The van der Waals surface area contributed by atoms with Gasteiger partial charge in [-0.05, 0) is 6.07 Å². The second-order valence-electron chi connectivity index (χ2n) is 3.15. The Balaban J connectivity index is 0.000000606. The lowest BCUT2D eigenvalue weighted by atomic mass is 10.4. The van der Waals surface area contributed by atoms with Crippen LogP contribution < -0.4 is 0 Å². The summed E-state index contributed by atoms with van der Waals surface area (Å²) in [6.45, 7) is 4.00. The summed E-state index contributed by atoms with van der Waals surface area (Å²) in [5, 5.41) is 0.936. The molecular weight excluding hydrogens is 202 g/mol. The normalized spacial score (nSPS) is 10.2. The molecule has 16 heavy (non-hydrogen) atoms. The topological polar surface area (TPSA) is 57.2 Å². The summed E-state index contributed by atoms with van der Waals surface area (Å²) in [5.41, 5.74) is 0.811. The van der Waals surface area contributed by atoms with Gasteiger partial charge in [0, 0.05) is 20.3 Å². The van der Waals surface area contributed by atoms with E-state index in [-0.39, 0.29) is 0 Å². The number of H-pyrrole nitrogens is 1. The smallest absolute Gasteiger partial charge is 0.166 e. The van der Waals surface area contributed by atoms with Crippen molar-refractivity contribution in [3.63, 3.8) is 0 Å². The minimum absolute atomic E-state index is 0.685. The summed E-state index contributed by atoms with van der Waals surface area (Å²) in [6, 6.07) is 1.91. The molecule has 2 aromatic heterocycles. The fraction of sp³-hybridized carbons (Fsp3) is 0.364. The van der Waals surface area contributed by atoms with Crippen molar-refractivity contribution >= 4 is 23.2 Å². The minimum Gasteiger partial charge on any atom is -0.369 e. The van der Waals surface area contributed by atoms with Crippen LogP contribution in [0.4, 0.5) is 5.82 Å². The van der Waals surface area contributed by atoms with E-state index in [0.717, 1.165) is 11.0 Å². The van der Waals surface area contributed by atoms with Gasteiger partial charge in [-0.2, -0.15) is 0 Å². The summed E-state index contributed by atoms with van der Waals surface area (Å²) in [7, 11) is 3.83. The second kappa shape index (κ2) is 5.85.